The fourth-order valence-corrected chi connectivity index (χ4v) is 3.83. The predicted octanol–water partition coefficient (Wildman–Crippen LogP) is 3.01. The van der Waals surface area contributed by atoms with Gasteiger partial charge in [-0.2, -0.15) is 0 Å². The van der Waals surface area contributed by atoms with E-state index < -0.39 is 0 Å². The molecule has 1 amide bonds. The van der Waals surface area contributed by atoms with Gasteiger partial charge in [0.05, 0.1) is 0 Å². The molecule has 0 aromatic heterocycles. The number of hydrogen-bond acceptors (Lipinski definition) is 2. The van der Waals surface area contributed by atoms with Crippen molar-refractivity contribution in [1.29, 1.82) is 0 Å². The van der Waals surface area contributed by atoms with E-state index in [0.717, 1.165) is 30.5 Å². The molecule has 21 heavy (non-hydrogen) atoms. The molecule has 2 atom stereocenters. The van der Waals surface area contributed by atoms with Crippen LogP contribution in [0.2, 0.25) is 0 Å². The SMILES string of the molecule is NCC1CCCCCC1N1C(=O)CCc2cc(F)ccc21. The van der Waals surface area contributed by atoms with Crippen LogP contribution in [0.25, 0.3) is 0 Å². The summed E-state index contributed by atoms with van der Waals surface area (Å²) in [7, 11) is 0. The Morgan fingerprint density at radius 3 is 2.81 bits per heavy atom. The molecule has 114 valence electrons. The van der Waals surface area contributed by atoms with Crippen LogP contribution in [0.3, 0.4) is 0 Å². The fourth-order valence-electron chi connectivity index (χ4n) is 3.83. The molecule has 1 aromatic rings. The lowest BCUT2D eigenvalue weighted by molar-refractivity contribution is -0.119. The first-order valence-electron chi connectivity index (χ1n) is 8.01. The summed E-state index contributed by atoms with van der Waals surface area (Å²) in [6.45, 7) is 0.616. The number of hydrogen-bond donors (Lipinski definition) is 1. The van der Waals surface area contributed by atoms with Crippen LogP contribution in [0.15, 0.2) is 18.2 Å². The number of nitrogens with two attached hydrogens (primary N) is 1. The highest BCUT2D eigenvalue weighted by Crippen LogP contribution is 2.36. The summed E-state index contributed by atoms with van der Waals surface area (Å²) >= 11 is 0. The highest BCUT2D eigenvalue weighted by molar-refractivity contribution is 5.97. The van der Waals surface area contributed by atoms with Crippen molar-refractivity contribution in [2.75, 3.05) is 11.4 Å². The molecular weight excluding hydrogens is 267 g/mol. The summed E-state index contributed by atoms with van der Waals surface area (Å²) in [5.74, 6) is 0.297. The molecule has 1 heterocycles. The number of halogens is 1. The zero-order valence-corrected chi connectivity index (χ0v) is 12.4. The Morgan fingerprint density at radius 1 is 1.19 bits per heavy atom. The minimum atomic E-state index is -0.223. The molecule has 1 aromatic carbocycles. The van der Waals surface area contributed by atoms with E-state index in [9.17, 15) is 9.18 Å². The second-order valence-corrected chi connectivity index (χ2v) is 6.24. The van der Waals surface area contributed by atoms with Crippen molar-refractivity contribution < 1.29 is 9.18 Å². The molecule has 4 heteroatoms. The number of carbonyl (C=O) groups excluding carboxylic acids is 1. The number of rotatable bonds is 2. The molecule has 3 rings (SSSR count). The number of carbonyl (C=O) groups is 1. The van der Waals surface area contributed by atoms with E-state index in [1.807, 2.05) is 4.90 Å². The van der Waals surface area contributed by atoms with E-state index in [4.69, 9.17) is 5.73 Å². The molecule has 1 aliphatic heterocycles. The van der Waals surface area contributed by atoms with Gasteiger partial charge in [-0.3, -0.25) is 4.79 Å². The molecule has 0 bridgehead atoms. The van der Waals surface area contributed by atoms with Gasteiger partial charge >= 0.3 is 0 Å². The van der Waals surface area contributed by atoms with Crippen LogP contribution in [-0.4, -0.2) is 18.5 Å². The molecule has 2 unspecified atom stereocenters. The maximum absolute atomic E-state index is 13.4. The first kappa shape index (κ1) is 14.5. The number of aryl methyl sites for hydroxylation is 1. The smallest absolute Gasteiger partial charge is 0.227 e. The quantitative estimate of drug-likeness (QED) is 0.851. The van der Waals surface area contributed by atoms with Gasteiger partial charge in [0.1, 0.15) is 5.82 Å². The third-order valence-electron chi connectivity index (χ3n) is 4.93. The average molecular weight is 290 g/mol. The summed E-state index contributed by atoms with van der Waals surface area (Å²) in [5.41, 5.74) is 7.82. The van der Waals surface area contributed by atoms with Gasteiger partial charge in [0.25, 0.3) is 0 Å². The van der Waals surface area contributed by atoms with Crippen molar-refractivity contribution in [2.24, 2.45) is 11.7 Å². The van der Waals surface area contributed by atoms with Crippen molar-refractivity contribution >= 4 is 11.6 Å². The lowest BCUT2D eigenvalue weighted by Crippen LogP contribution is -2.48. The lowest BCUT2D eigenvalue weighted by atomic mass is 9.90. The Labute approximate surface area is 125 Å². The van der Waals surface area contributed by atoms with E-state index in [2.05, 4.69) is 0 Å². The lowest BCUT2D eigenvalue weighted by Gasteiger charge is -2.39. The molecule has 1 aliphatic carbocycles. The zero-order chi connectivity index (χ0) is 14.8. The molecule has 0 saturated heterocycles. The van der Waals surface area contributed by atoms with Crippen molar-refractivity contribution in [3.63, 3.8) is 0 Å². The highest BCUT2D eigenvalue weighted by atomic mass is 19.1. The van der Waals surface area contributed by atoms with Crippen LogP contribution in [0.1, 0.15) is 44.1 Å². The van der Waals surface area contributed by atoms with Crippen molar-refractivity contribution in [3.05, 3.63) is 29.6 Å². The topological polar surface area (TPSA) is 46.3 Å². The Kier molecular flexibility index (Phi) is 4.24. The zero-order valence-electron chi connectivity index (χ0n) is 12.4. The van der Waals surface area contributed by atoms with Gasteiger partial charge in [-0.05, 0) is 55.5 Å². The van der Waals surface area contributed by atoms with Gasteiger partial charge in [-0.1, -0.05) is 19.3 Å². The largest absolute Gasteiger partial charge is 0.330 e. The molecule has 2 N–H and O–H groups in total. The van der Waals surface area contributed by atoms with Crippen molar-refractivity contribution in [1.82, 2.24) is 0 Å². The van der Waals surface area contributed by atoms with Gasteiger partial charge < -0.3 is 10.6 Å². The molecule has 0 radical (unpaired) electrons. The first-order valence-corrected chi connectivity index (χ1v) is 8.01. The summed E-state index contributed by atoms with van der Waals surface area (Å²) in [4.78, 5) is 14.4. The Bertz CT molecular complexity index is 532. The Hall–Kier alpha value is -1.42. The maximum Gasteiger partial charge on any atom is 0.227 e. The number of amides is 1. The predicted molar refractivity (Wildman–Crippen MR) is 81.6 cm³/mol. The third-order valence-corrected chi connectivity index (χ3v) is 4.93. The molecular formula is C17H23FN2O. The van der Waals surface area contributed by atoms with Gasteiger partial charge in [0.2, 0.25) is 5.91 Å². The maximum atomic E-state index is 13.4. The van der Waals surface area contributed by atoms with Crippen LogP contribution in [0.5, 0.6) is 0 Å². The fraction of sp³-hybridized carbons (Fsp3) is 0.588. The van der Waals surface area contributed by atoms with Gasteiger partial charge in [-0.15, -0.1) is 0 Å². The van der Waals surface area contributed by atoms with E-state index >= 15 is 0 Å². The van der Waals surface area contributed by atoms with Crippen LogP contribution < -0.4 is 10.6 Å². The van der Waals surface area contributed by atoms with Crippen LogP contribution in [-0.2, 0) is 11.2 Å². The molecule has 1 saturated carbocycles. The minimum absolute atomic E-state index is 0.166. The normalized spacial score (nSPS) is 26.4. The average Bonchev–Trinajstić information content (AvgIpc) is 2.72. The van der Waals surface area contributed by atoms with Gasteiger partial charge in [0.15, 0.2) is 0 Å². The Balaban J connectivity index is 1.97. The van der Waals surface area contributed by atoms with Crippen molar-refractivity contribution in [2.45, 2.75) is 51.0 Å². The van der Waals surface area contributed by atoms with Gasteiger partial charge in [-0.25, -0.2) is 4.39 Å². The molecule has 0 spiro atoms. The van der Waals surface area contributed by atoms with E-state index in [1.165, 1.54) is 18.9 Å². The third kappa shape index (κ3) is 2.82. The highest BCUT2D eigenvalue weighted by Gasteiger charge is 2.35. The summed E-state index contributed by atoms with van der Waals surface area (Å²) in [5, 5.41) is 0. The summed E-state index contributed by atoms with van der Waals surface area (Å²) < 4.78 is 13.4. The van der Waals surface area contributed by atoms with Crippen LogP contribution in [0.4, 0.5) is 10.1 Å². The number of fused-ring (bicyclic) bond motifs is 1. The summed E-state index contributed by atoms with van der Waals surface area (Å²) in [6.07, 6.45) is 6.75. The van der Waals surface area contributed by atoms with E-state index in [1.54, 1.807) is 12.1 Å². The molecule has 1 fully saturated rings. The van der Waals surface area contributed by atoms with Crippen molar-refractivity contribution in [3.8, 4) is 0 Å². The van der Waals surface area contributed by atoms with E-state index in [0.29, 0.717) is 25.3 Å². The minimum Gasteiger partial charge on any atom is -0.330 e. The summed E-state index contributed by atoms with van der Waals surface area (Å²) in [6, 6.07) is 4.97. The standard InChI is InChI=1S/C17H23FN2O/c18-14-7-8-16-12(10-14)6-9-17(21)20(16)15-5-3-1-2-4-13(15)11-19/h7-8,10,13,15H,1-6,9,11,19H2. The number of anilines is 1. The van der Waals surface area contributed by atoms with Crippen LogP contribution >= 0.6 is 0 Å². The number of nitrogens with zero attached hydrogens (tertiary/aromatic N) is 1. The van der Waals surface area contributed by atoms with E-state index in [-0.39, 0.29) is 17.8 Å². The van der Waals surface area contributed by atoms with Crippen LogP contribution in [0, 0.1) is 11.7 Å². The first-order chi connectivity index (χ1) is 10.2. The second kappa shape index (κ2) is 6.14. The second-order valence-electron chi connectivity index (χ2n) is 6.24. The molecule has 2 aliphatic rings. The molecule has 3 nitrogen and oxygen atoms in total. The Morgan fingerprint density at radius 2 is 2.00 bits per heavy atom. The van der Waals surface area contributed by atoms with Gasteiger partial charge in [0, 0.05) is 18.2 Å². The monoisotopic (exact) mass is 290 g/mol. The number of benzene rings is 1.